The van der Waals surface area contributed by atoms with E-state index < -0.39 is 10.8 Å². The van der Waals surface area contributed by atoms with Crippen molar-refractivity contribution in [3.05, 3.63) is 93.4 Å². The van der Waals surface area contributed by atoms with Crippen LogP contribution in [0.5, 0.6) is 11.5 Å². The Morgan fingerprint density at radius 3 is 2.32 bits per heavy atom. The lowest BCUT2D eigenvalue weighted by Crippen LogP contribution is -2.23. The fraction of sp³-hybridized carbons (Fsp3) is 0.120. The van der Waals surface area contributed by atoms with Crippen LogP contribution in [0.2, 0.25) is 0 Å². The molecule has 0 radical (unpaired) electrons. The van der Waals surface area contributed by atoms with Gasteiger partial charge >= 0.3 is 0 Å². The summed E-state index contributed by atoms with van der Waals surface area (Å²) in [6.45, 7) is 0.206. The fourth-order valence-electron chi connectivity index (χ4n) is 3.39. The molecule has 0 atom stereocenters. The maximum Gasteiger partial charge on any atom is 0.286 e. The van der Waals surface area contributed by atoms with Gasteiger partial charge in [-0.3, -0.25) is 14.9 Å². The summed E-state index contributed by atoms with van der Waals surface area (Å²) >= 11 is 1.56. The quantitative estimate of drug-likeness (QED) is 0.273. The molecular weight excluding hydrogens is 454 g/mol. The molecule has 0 saturated carbocycles. The summed E-state index contributed by atoms with van der Waals surface area (Å²) in [7, 11) is 2.78. The summed E-state index contributed by atoms with van der Waals surface area (Å²) in [4.78, 5) is 28.3. The Bertz CT molecular complexity index is 1320. The number of hydrogen-bond donors (Lipinski definition) is 1. The molecule has 1 aromatic heterocycles. The van der Waals surface area contributed by atoms with Gasteiger partial charge in [-0.1, -0.05) is 54.6 Å². The van der Waals surface area contributed by atoms with Crippen LogP contribution < -0.4 is 14.8 Å². The number of nitrogens with zero attached hydrogens (tertiary/aromatic N) is 2. The summed E-state index contributed by atoms with van der Waals surface area (Å²) in [6.07, 6.45) is 0. The first-order chi connectivity index (χ1) is 16.5. The lowest BCUT2D eigenvalue weighted by Gasteiger charge is -2.11. The average molecular weight is 476 g/mol. The molecule has 8 nitrogen and oxygen atoms in total. The van der Waals surface area contributed by atoms with Gasteiger partial charge in [0, 0.05) is 29.1 Å². The Hall–Kier alpha value is -4.24. The third-order valence-corrected chi connectivity index (χ3v) is 6.06. The largest absolute Gasteiger partial charge is 0.493 e. The molecule has 1 N–H and O–H groups in total. The zero-order valence-corrected chi connectivity index (χ0v) is 19.3. The number of nitro groups is 1. The topological polar surface area (TPSA) is 104 Å². The number of amides is 1. The number of ether oxygens (including phenoxy) is 2. The zero-order valence-electron chi connectivity index (χ0n) is 18.5. The molecule has 0 aliphatic carbocycles. The van der Waals surface area contributed by atoms with Crippen LogP contribution in [0.3, 0.4) is 0 Å². The van der Waals surface area contributed by atoms with Crippen LogP contribution in [0.15, 0.2) is 72.1 Å². The molecule has 9 heteroatoms. The van der Waals surface area contributed by atoms with Crippen LogP contribution in [0, 0.1) is 10.1 Å². The number of aromatic nitrogens is 1. The maximum atomic E-state index is 12.7. The van der Waals surface area contributed by atoms with Crippen molar-refractivity contribution in [1.82, 2.24) is 10.3 Å². The van der Waals surface area contributed by atoms with Gasteiger partial charge in [-0.25, -0.2) is 4.98 Å². The Morgan fingerprint density at radius 2 is 1.68 bits per heavy atom. The molecule has 34 heavy (non-hydrogen) atoms. The Balaban J connectivity index is 1.46. The molecule has 4 rings (SSSR count). The van der Waals surface area contributed by atoms with Crippen LogP contribution in [0.4, 0.5) is 5.69 Å². The van der Waals surface area contributed by atoms with Gasteiger partial charge < -0.3 is 14.8 Å². The van der Waals surface area contributed by atoms with Gasteiger partial charge in [-0.2, -0.15) is 0 Å². The Labute approximate surface area is 200 Å². The molecule has 0 unspecified atom stereocenters. The Morgan fingerprint density at radius 1 is 1.00 bits per heavy atom. The number of carbonyl (C=O) groups is 1. The van der Waals surface area contributed by atoms with Gasteiger partial charge in [0.2, 0.25) is 0 Å². The standard InChI is InChI=1S/C25H21N3O5S/c1-32-22-12-19(21(28(30)31)13-23(22)33-2)24(29)26-14-16-8-10-18(11-9-16)25-27-20(15-34-25)17-6-4-3-5-7-17/h3-13,15H,14H2,1-2H3,(H,26,29). The highest BCUT2D eigenvalue weighted by molar-refractivity contribution is 7.13. The predicted octanol–water partition coefficient (Wildman–Crippen LogP) is 5.33. The van der Waals surface area contributed by atoms with E-state index in [1.807, 2.05) is 60.0 Å². The summed E-state index contributed by atoms with van der Waals surface area (Å²) in [5.74, 6) is -0.163. The van der Waals surface area contributed by atoms with Crippen molar-refractivity contribution in [3.8, 4) is 33.3 Å². The fourth-order valence-corrected chi connectivity index (χ4v) is 4.23. The SMILES string of the molecule is COc1cc(C(=O)NCc2ccc(-c3nc(-c4ccccc4)cs3)cc2)c([N+](=O)[O-])cc1OC. The molecule has 0 bridgehead atoms. The van der Waals surface area contributed by atoms with Gasteiger partial charge in [0.1, 0.15) is 10.6 Å². The molecule has 1 heterocycles. The van der Waals surface area contributed by atoms with Crippen molar-refractivity contribution < 1.29 is 19.2 Å². The van der Waals surface area contributed by atoms with Gasteiger partial charge in [-0.15, -0.1) is 11.3 Å². The Kier molecular flexibility index (Phi) is 6.84. The molecular formula is C25H21N3O5S. The van der Waals surface area contributed by atoms with Crippen LogP contribution >= 0.6 is 11.3 Å². The number of nitrogens with one attached hydrogen (secondary N) is 1. The first-order valence-electron chi connectivity index (χ1n) is 10.3. The lowest BCUT2D eigenvalue weighted by atomic mass is 10.1. The number of benzene rings is 3. The van der Waals surface area contributed by atoms with Crippen molar-refractivity contribution in [2.45, 2.75) is 6.54 Å². The molecule has 0 saturated heterocycles. The summed E-state index contributed by atoms with van der Waals surface area (Å²) in [5.41, 5.74) is 3.35. The van der Waals surface area contributed by atoms with Gasteiger partial charge in [0.05, 0.1) is 30.9 Å². The van der Waals surface area contributed by atoms with E-state index >= 15 is 0 Å². The minimum atomic E-state index is -0.622. The molecule has 4 aromatic rings. The second kappa shape index (κ2) is 10.1. The molecule has 3 aromatic carbocycles. The second-order valence-electron chi connectivity index (χ2n) is 7.26. The van der Waals surface area contributed by atoms with Crippen LogP contribution in [-0.2, 0) is 6.54 Å². The number of thiazole rings is 1. The first-order valence-corrected chi connectivity index (χ1v) is 11.2. The molecule has 172 valence electrons. The maximum absolute atomic E-state index is 12.7. The molecule has 0 aliphatic rings. The van der Waals surface area contributed by atoms with Crippen molar-refractivity contribution >= 4 is 22.9 Å². The molecule has 0 spiro atoms. The highest BCUT2D eigenvalue weighted by Crippen LogP contribution is 2.34. The van der Waals surface area contributed by atoms with Crippen molar-refractivity contribution in [2.75, 3.05) is 14.2 Å². The van der Waals surface area contributed by atoms with E-state index in [2.05, 4.69) is 5.32 Å². The van der Waals surface area contributed by atoms with E-state index in [9.17, 15) is 14.9 Å². The van der Waals surface area contributed by atoms with Crippen LogP contribution in [0.1, 0.15) is 15.9 Å². The molecule has 0 aliphatic heterocycles. The van der Waals surface area contributed by atoms with Gasteiger partial charge in [0.15, 0.2) is 11.5 Å². The van der Waals surface area contributed by atoms with Crippen LogP contribution in [0.25, 0.3) is 21.8 Å². The van der Waals surface area contributed by atoms with Crippen molar-refractivity contribution in [1.29, 1.82) is 0 Å². The highest BCUT2D eigenvalue weighted by atomic mass is 32.1. The zero-order chi connectivity index (χ0) is 24.1. The highest BCUT2D eigenvalue weighted by Gasteiger charge is 2.24. The molecule has 0 fully saturated rings. The number of methoxy groups -OCH3 is 2. The minimum absolute atomic E-state index is 0.101. The van der Waals surface area contributed by atoms with E-state index in [-0.39, 0.29) is 29.3 Å². The number of carbonyl (C=O) groups excluding carboxylic acids is 1. The number of nitro benzene ring substituents is 1. The van der Waals surface area contributed by atoms with E-state index in [0.29, 0.717) is 0 Å². The van der Waals surface area contributed by atoms with E-state index in [1.165, 1.54) is 26.4 Å². The lowest BCUT2D eigenvalue weighted by molar-refractivity contribution is -0.385. The van der Waals surface area contributed by atoms with Gasteiger partial charge in [0.25, 0.3) is 11.6 Å². The average Bonchev–Trinajstić information content (AvgIpc) is 3.37. The normalized spacial score (nSPS) is 10.5. The smallest absolute Gasteiger partial charge is 0.286 e. The monoisotopic (exact) mass is 475 g/mol. The van der Waals surface area contributed by atoms with Crippen molar-refractivity contribution in [3.63, 3.8) is 0 Å². The summed E-state index contributed by atoms with van der Waals surface area (Å²) in [6, 6.07) is 20.1. The third-order valence-electron chi connectivity index (χ3n) is 5.17. The minimum Gasteiger partial charge on any atom is -0.493 e. The summed E-state index contributed by atoms with van der Waals surface area (Å²) in [5, 5.41) is 17.1. The molecule has 1 amide bonds. The first kappa shape index (κ1) is 22.9. The van der Waals surface area contributed by atoms with E-state index in [1.54, 1.807) is 11.3 Å². The predicted molar refractivity (Wildman–Crippen MR) is 130 cm³/mol. The second-order valence-corrected chi connectivity index (χ2v) is 8.12. The van der Waals surface area contributed by atoms with E-state index in [4.69, 9.17) is 14.5 Å². The number of hydrogen-bond acceptors (Lipinski definition) is 7. The van der Waals surface area contributed by atoms with Crippen molar-refractivity contribution in [2.24, 2.45) is 0 Å². The van der Waals surface area contributed by atoms with Crippen LogP contribution in [-0.4, -0.2) is 30.0 Å². The summed E-state index contributed by atoms with van der Waals surface area (Å²) < 4.78 is 10.3. The third kappa shape index (κ3) is 4.89. The van der Waals surface area contributed by atoms with Gasteiger partial charge in [-0.05, 0) is 5.56 Å². The number of rotatable bonds is 8. The van der Waals surface area contributed by atoms with E-state index in [0.717, 1.165) is 27.4 Å².